The van der Waals surface area contributed by atoms with Gasteiger partial charge in [0, 0.05) is 22.9 Å². The van der Waals surface area contributed by atoms with Gasteiger partial charge in [-0.25, -0.2) is 4.99 Å². The molecule has 106 valence electrons. The molecule has 22 heavy (non-hydrogen) atoms. The lowest BCUT2D eigenvalue weighted by Crippen LogP contribution is -2.01. The molecule has 4 rings (SSSR count). The topological polar surface area (TPSA) is 25.2 Å². The van der Waals surface area contributed by atoms with E-state index in [2.05, 4.69) is 61.3 Å². The van der Waals surface area contributed by atoms with Crippen LogP contribution in [-0.2, 0) is 0 Å². The first-order valence-electron chi connectivity index (χ1n) is 7.46. The van der Waals surface area contributed by atoms with Crippen molar-refractivity contribution in [3.63, 3.8) is 0 Å². The van der Waals surface area contributed by atoms with Gasteiger partial charge in [0.05, 0.1) is 17.1 Å². The van der Waals surface area contributed by atoms with Crippen molar-refractivity contribution in [3.8, 4) is 11.3 Å². The van der Waals surface area contributed by atoms with Crippen LogP contribution in [0.3, 0.4) is 0 Å². The van der Waals surface area contributed by atoms with Crippen molar-refractivity contribution in [1.82, 2.24) is 4.98 Å². The van der Waals surface area contributed by atoms with Crippen molar-refractivity contribution in [3.05, 3.63) is 83.0 Å². The summed E-state index contributed by atoms with van der Waals surface area (Å²) in [5.74, 6) is 0. The van der Waals surface area contributed by atoms with Crippen LogP contribution in [0.5, 0.6) is 0 Å². The van der Waals surface area contributed by atoms with Gasteiger partial charge in [-0.1, -0.05) is 42.5 Å². The molecule has 0 amide bonds. The van der Waals surface area contributed by atoms with E-state index in [4.69, 9.17) is 4.99 Å². The van der Waals surface area contributed by atoms with Crippen molar-refractivity contribution in [1.29, 1.82) is 0 Å². The fraction of sp³-hybridized carbons (Fsp3) is 0.100. The van der Waals surface area contributed by atoms with Gasteiger partial charge in [0.1, 0.15) is 0 Å². The molecule has 0 atom stereocenters. The number of aryl methyl sites for hydroxylation is 2. The third kappa shape index (κ3) is 1.88. The number of para-hydroxylation sites is 1. The monoisotopic (exact) mass is 284 g/mol. The SMILES string of the molecule is Cc1ccccc1N=C1c2ccccc2-c2nccc(C)c21. The first-order chi connectivity index (χ1) is 10.8. The number of hydrogen-bond donors (Lipinski definition) is 0. The van der Waals surface area contributed by atoms with E-state index in [1.54, 1.807) is 0 Å². The van der Waals surface area contributed by atoms with Crippen LogP contribution in [-0.4, -0.2) is 10.7 Å². The second-order valence-corrected chi connectivity index (χ2v) is 5.64. The van der Waals surface area contributed by atoms with Gasteiger partial charge in [0.15, 0.2) is 0 Å². The Labute approximate surface area is 130 Å². The summed E-state index contributed by atoms with van der Waals surface area (Å²) in [4.78, 5) is 9.57. The molecule has 0 radical (unpaired) electrons. The Bertz CT molecular complexity index is 907. The Kier molecular flexibility index (Phi) is 2.90. The van der Waals surface area contributed by atoms with Gasteiger partial charge in [-0.3, -0.25) is 4.98 Å². The Balaban J connectivity index is 2.03. The van der Waals surface area contributed by atoms with Crippen molar-refractivity contribution in [2.24, 2.45) is 4.99 Å². The molecule has 0 fully saturated rings. The van der Waals surface area contributed by atoms with E-state index in [1.165, 1.54) is 22.3 Å². The second kappa shape index (κ2) is 4.92. The van der Waals surface area contributed by atoms with Crippen molar-refractivity contribution in [2.45, 2.75) is 13.8 Å². The standard InChI is InChI=1S/C20H16N2/c1-13-7-3-6-10-17(13)22-20-16-9-5-4-8-15(16)19-18(20)14(2)11-12-21-19/h3-12H,1-2H3. The molecule has 0 spiro atoms. The molecule has 1 aliphatic rings. The van der Waals surface area contributed by atoms with E-state index in [1.807, 2.05) is 18.3 Å². The predicted octanol–water partition coefficient (Wildman–Crippen LogP) is 4.85. The van der Waals surface area contributed by atoms with Gasteiger partial charge < -0.3 is 0 Å². The van der Waals surface area contributed by atoms with Gasteiger partial charge in [0.2, 0.25) is 0 Å². The number of pyridine rings is 1. The predicted molar refractivity (Wildman–Crippen MR) is 90.9 cm³/mol. The Morgan fingerprint density at radius 3 is 2.32 bits per heavy atom. The molecule has 3 aromatic rings. The highest BCUT2D eigenvalue weighted by Gasteiger charge is 2.27. The summed E-state index contributed by atoms with van der Waals surface area (Å²) in [7, 11) is 0. The van der Waals surface area contributed by atoms with Crippen LogP contribution >= 0.6 is 0 Å². The normalized spacial score (nSPS) is 14.0. The van der Waals surface area contributed by atoms with Gasteiger partial charge >= 0.3 is 0 Å². The van der Waals surface area contributed by atoms with Gasteiger partial charge in [-0.15, -0.1) is 0 Å². The maximum absolute atomic E-state index is 4.98. The quantitative estimate of drug-likeness (QED) is 0.490. The lowest BCUT2D eigenvalue weighted by atomic mass is 10.1. The van der Waals surface area contributed by atoms with Gasteiger partial charge in [0.25, 0.3) is 0 Å². The van der Waals surface area contributed by atoms with E-state index in [-0.39, 0.29) is 0 Å². The third-order valence-electron chi connectivity index (χ3n) is 4.18. The van der Waals surface area contributed by atoms with Crippen LogP contribution in [0.2, 0.25) is 0 Å². The van der Waals surface area contributed by atoms with Crippen LogP contribution in [0, 0.1) is 13.8 Å². The second-order valence-electron chi connectivity index (χ2n) is 5.64. The Morgan fingerprint density at radius 1 is 0.773 bits per heavy atom. The number of benzene rings is 2. The summed E-state index contributed by atoms with van der Waals surface area (Å²) < 4.78 is 0. The molecule has 2 nitrogen and oxygen atoms in total. The minimum Gasteiger partial charge on any atom is -0.256 e. The first-order valence-corrected chi connectivity index (χ1v) is 7.46. The average Bonchev–Trinajstić information content (AvgIpc) is 2.86. The highest BCUT2D eigenvalue weighted by molar-refractivity contribution is 6.25. The molecule has 0 aliphatic heterocycles. The number of aliphatic imine (C=N–C) groups is 1. The summed E-state index contributed by atoms with van der Waals surface area (Å²) in [5, 5.41) is 0. The Hall–Kier alpha value is -2.74. The minimum absolute atomic E-state index is 1.02. The van der Waals surface area contributed by atoms with Crippen molar-refractivity contribution >= 4 is 11.4 Å². The number of fused-ring (bicyclic) bond motifs is 3. The minimum atomic E-state index is 1.02. The number of aromatic nitrogens is 1. The fourth-order valence-electron chi connectivity index (χ4n) is 3.02. The lowest BCUT2D eigenvalue weighted by Gasteiger charge is -2.06. The largest absolute Gasteiger partial charge is 0.256 e. The van der Waals surface area contributed by atoms with Crippen LogP contribution in [0.4, 0.5) is 5.69 Å². The van der Waals surface area contributed by atoms with Gasteiger partial charge in [-0.05, 0) is 37.1 Å². The molecule has 1 aromatic heterocycles. The summed E-state index contributed by atoms with van der Waals surface area (Å²) in [5.41, 5.74) is 9.00. The van der Waals surface area contributed by atoms with E-state index in [0.29, 0.717) is 0 Å². The molecule has 0 saturated carbocycles. The maximum atomic E-state index is 4.98. The van der Waals surface area contributed by atoms with Crippen molar-refractivity contribution in [2.75, 3.05) is 0 Å². The van der Waals surface area contributed by atoms with Crippen LogP contribution in [0.25, 0.3) is 11.3 Å². The summed E-state index contributed by atoms with van der Waals surface area (Å²) in [6, 6.07) is 18.7. The average molecular weight is 284 g/mol. The Morgan fingerprint density at radius 2 is 1.50 bits per heavy atom. The fourth-order valence-corrected chi connectivity index (χ4v) is 3.02. The van der Waals surface area contributed by atoms with Crippen LogP contribution in [0.15, 0.2) is 65.8 Å². The van der Waals surface area contributed by atoms with E-state index >= 15 is 0 Å². The molecule has 0 unspecified atom stereocenters. The highest BCUT2D eigenvalue weighted by atomic mass is 14.8. The zero-order valence-corrected chi connectivity index (χ0v) is 12.7. The number of hydrogen-bond acceptors (Lipinski definition) is 2. The molecule has 0 saturated heterocycles. The molecule has 0 bridgehead atoms. The molecule has 1 aliphatic carbocycles. The summed E-state index contributed by atoms with van der Waals surface area (Å²) >= 11 is 0. The molecular weight excluding hydrogens is 268 g/mol. The third-order valence-corrected chi connectivity index (χ3v) is 4.18. The molecule has 2 heteroatoms. The molecule has 0 N–H and O–H groups in total. The number of nitrogens with zero attached hydrogens (tertiary/aromatic N) is 2. The lowest BCUT2D eigenvalue weighted by molar-refractivity contribution is 1.28. The van der Waals surface area contributed by atoms with E-state index in [0.717, 1.165) is 22.7 Å². The van der Waals surface area contributed by atoms with Gasteiger partial charge in [-0.2, -0.15) is 0 Å². The zero-order valence-electron chi connectivity index (χ0n) is 12.7. The molecular formula is C20H16N2. The first kappa shape index (κ1) is 13.0. The van der Waals surface area contributed by atoms with E-state index in [9.17, 15) is 0 Å². The molecule has 1 heterocycles. The van der Waals surface area contributed by atoms with E-state index < -0.39 is 0 Å². The maximum Gasteiger partial charge on any atom is 0.0813 e. The number of rotatable bonds is 1. The van der Waals surface area contributed by atoms with Crippen LogP contribution in [0.1, 0.15) is 22.3 Å². The summed E-state index contributed by atoms with van der Waals surface area (Å²) in [6.07, 6.45) is 1.88. The van der Waals surface area contributed by atoms with Crippen molar-refractivity contribution < 1.29 is 0 Å². The van der Waals surface area contributed by atoms with Crippen LogP contribution < -0.4 is 0 Å². The highest BCUT2D eigenvalue weighted by Crippen LogP contribution is 2.38. The summed E-state index contributed by atoms with van der Waals surface area (Å²) in [6.45, 7) is 4.22. The smallest absolute Gasteiger partial charge is 0.0813 e. The molecule has 2 aromatic carbocycles. The zero-order chi connectivity index (χ0) is 15.1.